The first-order valence-electron chi connectivity index (χ1n) is 14.1. The number of amides is 2. The number of rotatable bonds is 8. The summed E-state index contributed by atoms with van der Waals surface area (Å²) < 4.78 is 89.0. The van der Waals surface area contributed by atoms with Gasteiger partial charge >= 0.3 is 0 Å². The molecule has 14 heteroatoms. The number of sulfonamides is 1. The van der Waals surface area contributed by atoms with Crippen LogP contribution in [0.4, 0.5) is 17.6 Å². The number of alkyl halides is 1. The van der Waals surface area contributed by atoms with Gasteiger partial charge in [0.2, 0.25) is 21.8 Å². The molecule has 0 aromatic heterocycles. The Morgan fingerprint density at radius 1 is 1.10 bits per heavy atom. The second kappa shape index (κ2) is 12.4. The predicted octanol–water partition coefficient (Wildman–Crippen LogP) is 2.33. The Labute approximate surface area is 241 Å². The van der Waals surface area contributed by atoms with Gasteiger partial charge in [0.15, 0.2) is 11.6 Å². The summed E-state index contributed by atoms with van der Waals surface area (Å²) in [5.41, 5.74) is 7.17. The third-order valence-corrected chi connectivity index (χ3v) is 10.5. The fourth-order valence-corrected chi connectivity index (χ4v) is 7.80. The van der Waals surface area contributed by atoms with Gasteiger partial charge in [0.25, 0.3) is 0 Å². The first-order valence-corrected chi connectivity index (χ1v) is 15.5. The van der Waals surface area contributed by atoms with E-state index in [1.165, 1.54) is 6.07 Å². The third-order valence-electron chi connectivity index (χ3n) is 8.53. The smallest absolute Gasteiger partial charge is 0.250 e. The number of hydrogen-bond acceptors (Lipinski definition) is 6. The molecule has 0 bridgehead atoms. The molecule has 0 spiro atoms. The quantitative estimate of drug-likeness (QED) is 0.434. The fraction of sp³-hybridized carbons (Fsp3) is 0.571. The van der Waals surface area contributed by atoms with Gasteiger partial charge in [-0.25, -0.2) is 26.0 Å². The molecule has 1 aromatic rings. The maximum Gasteiger partial charge on any atom is 0.250 e. The van der Waals surface area contributed by atoms with Crippen LogP contribution in [-0.4, -0.2) is 87.1 Å². The van der Waals surface area contributed by atoms with Gasteiger partial charge in [0.1, 0.15) is 16.9 Å². The lowest BCUT2D eigenvalue weighted by Crippen LogP contribution is -2.46. The molecule has 3 N–H and O–H groups in total. The molecule has 4 atom stereocenters. The van der Waals surface area contributed by atoms with E-state index in [0.717, 1.165) is 16.4 Å². The van der Waals surface area contributed by atoms with Crippen LogP contribution in [0.15, 0.2) is 34.5 Å². The molecule has 2 heterocycles. The number of morpholine rings is 1. The molecule has 5 rings (SSSR count). The van der Waals surface area contributed by atoms with Gasteiger partial charge in [0.05, 0.1) is 18.8 Å². The first-order chi connectivity index (χ1) is 20.0. The standard InChI is InChI=1S/C28H34F4N4O5S/c29-21-13-24(32)26(42(39,40)35-6-8-41-9-7-35)12-20(21)28(38)34-15-17-2-1-5-36(17)27(37)14-25(33)18-4-3-16-10-22(30)23(31)11-19(16)18/h10-12,17-18,21,25H,1-9,13-15,33H2,(H,34,38). The highest BCUT2D eigenvalue weighted by atomic mass is 32.2. The minimum Gasteiger partial charge on any atom is -0.379 e. The number of nitrogens with two attached hydrogens (primary N) is 1. The number of carbonyl (C=O) groups excluding carboxylic acids is 2. The summed E-state index contributed by atoms with van der Waals surface area (Å²) >= 11 is 0. The Bertz CT molecular complexity index is 1410. The Morgan fingerprint density at radius 3 is 2.55 bits per heavy atom. The second-order valence-electron chi connectivity index (χ2n) is 11.1. The van der Waals surface area contributed by atoms with Crippen molar-refractivity contribution in [2.75, 3.05) is 39.4 Å². The van der Waals surface area contributed by atoms with E-state index in [1.54, 1.807) is 4.90 Å². The average molecular weight is 615 g/mol. The van der Waals surface area contributed by atoms with Crippen LogP contribution in [0.25, 0.3) is 0 Å². The molecule has 2 amide bonds. The van der Waals surface area contributed by atoms with Crippen molar-refractivity contribution in [2.45, 2.75) is 62.7 Å². The number of ether oxygens (including phenoxy) is 1. The van der Waals surface area contributed by atoms with Crippen LogP contribution in [0, 0.1) is 11.6 Å². The highest BCUT2D eigenvalue weighted by Gasteiger charge is 2.38. The zero-order valence-corrected chi connectivity index (χ0v) is 23.8. The summed E-state index contributed by atoms with van der Waals surface area (Å²) in [7, 11) is -4.29. The van der Waals surface area contributed by atoms with Crippen LogP contribution in [0.1, 0.15) is 49.1 Å². The van der Waals surface area contributed by atoms with E-state index in [-0.39, 0.29) is 51.1 Å². The normalized spacial score (nSPS) is 25.8. The summed E-state index contributed by atoms with van der Waals surface area (Å²) in [5, 5.41) is 2.59. The Hall–Kier alpha value is -2.81. The van der Waals surface area contributed by atoms with Gasteiger partial charge in [-0.2, -0.15) is 4.31 Å². The number of carbonyl (C=O) groups is 2. The van der Waals surface area contributed by atoms with E-state index in [9.17, 15) is 35.6 Å². The van der Waals surface area contributed by atoms with E-state index in [1.807, 2.05) is 0 Å². The van der Waals surface area contributed by atoms with Gasteiger partial charge in [-0.05, 0) is 55.0 Å². The molecule has 4 aliphatic rings. The molecule has 230 valence electrons. The van der Waals surface area contributed by atoms with Crippen LogP contribution in [0.2, 0.25) is 0 Å². The number of nitrogens with zero attached hydrogens (tertiary/aromatic N) is 2. The summed E-state index contributed by atoms with van der Waals surface area (Å²) in [6.07, 6.45) is 0.184. The average Bonchev–Trinajstić information content (AvgIpc) is 3.59. The summed E-state index contributed by atoms with van der Waals surface area (Å²) in [6, 6.07) is 1.31. The highest BCUT2D eigenvalue weighted by molar-refractivity contribution is 7.93. The Balaban J connectivity index is 1.21. The third kappa shape index (κ3) is 6.12. The lowest BCUT2D eigenvalue weighted by Gasteiger charge is -2.29. The van der Waals surface area contributed by atoms with Crippen molar-refractivity contribution in [1.29, 1.82) is 0 Å². The van der Waals surface area contributed by atoms with Crippen LogP contribution in [0.3, 0.4) is 0 Å². The molecule has 9 nitrogen and oxygen atoms in total. The van der Waals surface area contributed by atoms with Crippen LogP contribution in [-0.2, 0) is 30.8 Å². The number of allylic oxidation sites excluding steroid dienone is 2. The molecule has 2 saturated heterocycles. The zero-order chi connectivity index (χ0) is 30.2. The SMILES string of the molecule is NC(CC(=O)N1CCCC1CNC(=O)C1=CC(S(=O)(=O)N2CCOCC2)=C(F)CC1F)C1CCc2cc(F)c(F)cc21. The number of hydrogen-bond donors (Lipinski definition) is 2. The molecule has 4 unspecified atom stereocenters. The van der Waals surface area contributed by atoms with Gasteiger partial charge in [-0.15, -0.1) is 0 Å². The Kier molecular flexibility index (Phi) is 9.07. The van der Waals surface area contributed by atoms with Crippen LogP contribution in [0.5, 0.6) is 0 Å². The van der Waals surface area contributed by atoms with Crippen molar-refractivity contribution in [3.05, 3.63) is 57.3 Å². The summed E-state index contributed by atoms with van der Waals surface area (Å²) in [6.45, 7) is 0.739. The van der Waals surface area contributed by atoms with Crippen LogP contribution < -0.4 is 11.1 Å². The van der Waals surface area contributed by atoms with Gasteiger partial charge < -0.3 is 20.7 Å². The van der Waals surface area contributed by atoms with Crippen molar-refractivity contribution in [2.24, 2.45) is 5.73 Å². The number of likely N-dealkylation sites (tertiary alicyclic amines) is 1. The number of fused-ring (bicyclic) bond motifs is 1. The zero-order valence-electron chi connectivity index (χ0n) is 23.0. The molecule has 2 aliphatic heterocycles. The van der Waals surface area contributed by atoms with E-state index in [4.69, 9.17) is 10.5 Å². The van der Waals surface area contributed by atoms with Crippen molar-refractivity contribution < 1.29 is 40.3 Å². The molecule has 0 radical (unpaired) electrons. The number of benzene rings is 1. The maximum atomic E-state index is 14.7. The highest BCUT2D eigenvalue weighted by Crippen LogP contribution is 2.37. The van der Waals surface area contributed by atoms with E-state index in [2.05, 4.69) is 5.32 Å². The number of halogens is 4. The number of aryl methyl sites for hydroxylation is 1. The van der Waals surface area contributed by atoms with Gasteiger partial charge in [0, 0.05) is 57.0 Å². The number of nitrogens with one attached hydrogen (secondary N) is 1. The molecular formula is C28H34F4N4O5S. The maximum absolute atomic E-state index is 14.7. The largest absolute Gasteiger partial charge is 0.379 e. The van der Waals surface area contributed by atoms with E-state index < -0.39 is 68.5 Å². The van der Waals surface area contributed by atoms with Crippen molar-refractivity contribution in [3.63, 3.8) is 0 Å². The molecular weight excluding hydrogens is 580 g/mol. The molecule has 42 heavy (non-hydrogen) atoms. The summed E-state index contributed by atoms with van der Waals surface area (Å²) in [4.78, 5) is 27.0. The van der Waals surface area contributed by atoms with E-state index >= 15 is 0 Å². The van der Waals surface area contributed by atoms with E-state index in [0.29, 0.717) is 43.4 Å². The van der Waals surface area contributed by atoms with Gasteiger partial charge in [-0.1, -0.05) is 0 Å². The fourth-order valence-electron chi connectivity index (χ4n) is 6.25. The first kappa shape index (κ1) is 30.6. The van der Waals surface area contributed by atoms with Crippen molar-refractivity contribution in [1.82, 2.24) is 14.5 Å². The molecule has 1 aromatic carbocycles. The molecule has 0 saturated carbocycles. The molecule has 2 aliphatic carbocycles. The lowest BCUT2D eigenvalue weighted by atomic mass is 9.91. The van der Waals surface area contributed by atoms with Crippen LogP contribution >= 0.6 is 0 Å². The molecule has 2 fully saturated rings. The summed E-state index contributed by atoms with van der Waals surface area (Å²) in [5.74, 6) is -4.44. The van der Waals surface area contributed by atoms with Crippen molar-refractivity contribution >= 4 is 21.8 Å². The minimum absolute atomic E-state index is 0.0155. The van der Waals surface area contributed by atoms with Crippen molar-refractivity contribution in [3.8, 4) is 0 Å². The van der Waals surface area contributed by atoms with Gasteiger partial charge in [-0.3, -0.25) is 9.59 Å². The predicted molar refractivity (Wildman–Crippen MR) is 145 cm³/mol. The minimum atomic E-state index is -4.29. The second-order valence-corrected chi connectivity index (χ2v) is 13.0. The lowest BCUT2D eigenvalue weighted by molar-refractivity contribution is -0.133. The monoisotopic (exact) mass is 614 g/mol. The Morgan fingerprint density at radius 2 is 1.81 bits per heavy atom. The topological polar surface area (TPSA) is 122 Å².